The molecular weight excluding hydrogens is 240 g/mol. The third kappa shape index (κ3) is 4.81. The predicted octanol–water partition coefficient (Wildman–Crippen LogP) is 2.51. The minimum atomic E-state index is -0.575. The van der Waals surface area contributed by atoms with Gasteiger partial charge in [0.2, 0.25) is 0 Å². The lowest BCUT2D eigenvalue weighted by Gasteiger charge is -2.24. The fourth-order valence-corrected chi connectivity index (χ4v) is 1.64. The molecule has 106 valence electrons. The Bertz CT molecular complexity index is 450. The fraction of sp³-hybridized carbons (Fsp3) is 0.533. The van der Waals surface area contributed by atoms with E-state index in [2.05, 4.69) is 12.2 Å². The molecule has 4 nitrogen and oxygen atoms in total. The molecule has 4 heteroatoms. The number of carbonyl (C=O) groups excluding carboxylic acids is 1. The van der Waals surface area contributed by atoms with E-state index in [1.165, 1.54) is 0 Å². The van der Waals surface area contributed by atoms with Crippen molar-refractivity contribution in [2.24, 2.45) is 0 Å². The standard InChI is InChI=1S/C15H24N2O2/c1-6-11-7-8-13(12(16)9-11)19-10(2)14(18)17-15(3,4)5/h7-10H,6,16H2,1-5H3,(H,17,18). The van der Waals surface area contributed by atoms with Crippen LogP contribution in [0.3, 0.4) is 0 Å². The second-order valence-electron chi connectivity index (χ2n) is 5.73. The lowest BCUT2D eigenvalue weighted by molar-refractivity contribution is -0.128. The van der Waals surface area contributed by atoms with Crippen LogP contribution in [0.2, 0.25) is 0 Å². The Balaban J connectivity index is 2.71. The molecule has 0 saturated heterocycles. The first-order chi connectivity index (χ1) is 8.73. The molecule has 0 radical (unpaired) electrons. The molecule has 0 saturated carbocycles. The number of hydrogen-bond donors (Lipinski definition) is 2. The third-order valence-corrected chi connectivity index (χ3v) is 2.65. The highest BCUT2D eigenvalue weighted by atomic mass is 16.5. The number of ether oxygens (including phenoxy) is 1. The number of aryl methyl sites for hydroxylation is 1. The van der Waals surface area contributed by atoms with Crippen LogP contribution < -0.4 is 15.8 Å². The SMILES string of the molecule is CCc1ccc(OC(C)C(=O)NC(C)(C)C)c(N)c1. The molecule has 0 bridgehead atoms. The molecule has 1 aromatic rings. The van der Waals surface area contributed by atoms with E-state index in [9.17, 15) is 4.79 Å². The Hall–Kier alpha value is -1.71. The van der Waals surface area contributed by atoms with E-state index < -0.39 is 6.10 Å². The van der Waals surface area contributed by atoms with Crippen molar-refractivity contribution in [3.63, 3.8) is 0 Å². The molecular formula is C15H24N2O2. The zero-order valence-electron chi connectivity index (χ0n) is 12.4. The van der Waals surface area contributed by atoms with E-state index in [0.29, 0.717) is 11.4 Å². The number of nitrogen functional groups attached to an aromatic ring is 1. The highest BCUT2D eigenvalue weighted by Gasteiger charge is 2.21. The average Bonchev–Trinajstić information content (AvgIpc) is 2.29. The van der Waals surface area contributed by atoms with Crippen molar-refractivity contribution >= 4 is 11.6 Å². The minimum Gasteiger partial charge on any atom is -0.479 e. The first-order valence-corrected chi connectivity index (χ1v) is 6.60. The van der Waals surface area contributed by atoms with Gasteiger partial charge in [-0.05, 0) is 51.8 Å². The quantitative estimate of drug-likeness (QED) is 0.821. The van der Waals surface area contributed by atoms with Gasteiger partial charge in [-0.25, -0.2) is 0 Å². The highest BCUT2D eigenvalue weighted by molar-refractivity contribution is 5.81. The third-order valence-electron chi connectivity index (χ3n) is 2.65. The van der Waals surface area contributed by atoms with Gasteiger partial charge >= 0.3 is 0 Å². The molecule has 1 atom stereocenters. The first-order valence-electron chi connectivity index (χ1n) is 6.60. The van der Waals surface area contributed by atoms with Gasteiger partial charge in [-0.2, -0.15) is 0 Å². The van der Waals surface area contributed by atoms with E-state index in [4.69, 9.17) is 10.5 Å². The summed E-state index contributed by atoms with van der Waals surface area (Å²) in [5.74, 6) is 0.403. The zero-order valence-corrected chi connectivity index (χ0v) is 12.4. The van der Waals surface area contributed by atoms with Crippen LogP contribution in [-0.2, 0) is 11.2 Å². The van der Waals surface area contributed by atoms with Crippen molar-refractivity contribution in [1.29, 1.82) is 0 Å². The molecule has 0 fully saturated rings. The van der Waals surface area contributed by atoms with Gasteiger partial charge in [0.1, 0.15) is 5.75 Å². The number of amides is 1. The van der Waals surface area contributed by atoms with Crippen LogP contribution in [0.5, 0.6) is 5.75 Å². The number of hydrogen-bond acceptors (Lipinski definition) is 3. The fourth-order valence-electron chi connectivity index (χ4n) is 1.64. The van der Waals surface area contributed by atoms with Gasteiger partial charge in [0, 0.05) is 5.54 Å². The van der Waals surface area contributed by atoms with E-state index >= 15 is 0 Å². The van der Waals surface area contributed by atoms with Crippen LogP contribution in [0.15, 0.2) is 18.2 Å². The molecule has 1 amide bonds. The number of rotatable bonds is 4. The van der Waals surface area contributed by atoms with Crippen molar-refractivity contribution in [3.05, 3.63) is 23.8 Å². The molecule has 19 heavy (non-hydrogen) atoms. The normalized spacial score (nSPS) is 12.9. The molecule has 3 N–H and O–H groups in total. The van der Waals surface area contributed by atoms with Gasteiger partial charge in [0.05, 0.1) is 5.69 Å². The summed E-state index contributed by atoms with van der Waals surface area (Å²) in [6.07, 6.45) is 0.346. The van der Waals surface area contributed by atoms with E-state index in [0.717, 1.165) is 12.0 Å². The lowest BCUT2D eigenvalue weighted by atomic mass is 10.1. The number of nitrogens with one attached hydrogen (secondary N) is 1. The van der Waals surface area contributed by atoms with Gasteiger partial charge in [0.25, 0.3) is 5.91 Å². The molecule has 0 aliphatic heterocycles. The topological polar surface area (TPSA) is 64.3 Å². The Labute approximate surface area is 115 Å². The molecule has 0 aliphatic rings. The second kappa shape index (κ2) is 5.95. The summed E-state index contributed by atoms with van der Waals surface area (Å²) in [5.41, 5.74) is 7.36. The molecule has 0 spiro atoms. The van der Waals surface area contributed by atoms with E-state index in [-0.39, 0.29) is 11.4 Å². The van der Waals surface area contributed by atoms with Crippen LogP contribution in [0, 0.1) is 0 Å². The summed E-state index contributed by atoms with van der Waals surface area (Å²) >= 11 is 0. The van der Waals surface area contributed by atoms with Gasteiger partial charge in [-0.1, -0.05) is 13.0 Å². The molecule has 1 unspecified atom stereocenters. The Kier molecular flexibility index (Phi) is 4.81. The molecule has 1 rings (SSSR count). The summed E-state index contributed by atoms with van der Waals surface area (Å²) in [7, 11) is 0. The Morgan fingerprint density at radius 2 is 2.05 bits per heavy atom. The Morgan fingerprint density at radius 3 is 2.53 bits per heavy atom. The largest absolute Gasteiger partial charge is 0.479 e. The Morgan fingerprint density at radius 1 is 1.42 bits per heavy atom. The van der Waals surface area contributed by atoms with Crippen LogP contribution in [0.25, 0.3) is 0 Å². The van der Waals surface area contributed by atoms with E-state index in [1.807, 2.05) is 39.0 Å². The first kappa shape index (κ1) is 15.3. The maximum atomic E-state index is 11.9. The number of anilines is 1. The zero-order chi connectivity index (χ0) is 14.6. The number of nitrogens with two attached hydrogens (primary N) is 1. The van der Waals surface area contributed by atoms with Gasteiger partial charge < -0.3 is 15.8 Å². The van der Waals surface area contributed by atoms with Crippen LogP contribution >= 0.6 is 0 Å². The lowest BCUT2D eigenvalue weighted by Crippen LogP contribution is -2.46. The summed E-state index contributed by atoms with van der Waals surface area (Å²) in [4.78, 5) is 11.9. The van der Waals surface area contributed by atoms with E-state index in [1.54, 1.807) is 6.92 Å². The predicted molar refractivity (Wildman–Crippen MR) is 78.2 cm³/mol. The van der Waals surface area contributed by atoms with Crippen molar-refractivity contribution < 1.29 is 9.53 Å². The maximum absolute atomic E-state index is 11.9. The highest BCUT2D eigenvalue weighted by Crippen LogP contribution is 2.24. The van der Waals surface area contributed by atoms with Crippen molar-refractivity contribution in [1.82, 2.24) is 5.32 Å². The summed E-state index contributed by atoms with van der Waals surface area (Å²) in [6, 6.07) is 5.65. The summed E-state index contributed by atoms with van der Waals surface area (Å²) in [6.45, 7) is 9.58. The van der Waals surface area contributed by atoms with Crippen LogP contribution in [-0.4, -0.2) is 17.6 Å². The second-order valence-corrected chi connectivity index (χ2v) is 5.73. The van der Waals surface area contributed by atoms with Crippen molar-refractivity contribution in [3.8, 4) is 5.75 Å². The maximum Gasteiger partial charge on any atom is 0.261 e. The van der Waals surface area contributed by atoms with Gasteiger partial charge in [-0.3, -0.25) is 4.79 Å². The van der Waals surface area contributed by atoms with Gasteiger partial charge in [-0.15, -0.1) is 0 Å². The van der Waals surface area contributed by atoms with Gasteiger partial charge in [0.15, 0.2) is 6.10 Å². The van der Waals surface area contributed by atoms with Crippen molar-refractivity contribution in [2.75, 3.05) is 5.73 Å². The number of benzene rings is 1. The van der Waals surface area contributed by atoms with Crippen LogP contribution in [0.4, 0.5) is 5.69 Å². The molecule has 0 aliphatic carbocycles. The monoisotopic (exact) mass is 264 g/mol. The smallest absolute Gasteiger partial charge is 0.261 e. The van der Waals surface area contributed by atoms with Crippen molar-refractivity contribution in [2.45, 2.75) is 52.7 Å². The minimum absolute atomic E-state index is 0.147. The molecule has 0 heterocycles. The summed E-state index contributed by atoms with van der Waals surface area (Å²) < 4.78 is 5.62. The molecule has 0 aromatic heterocycles. The average molecular weight is 264 g/mol. The molecule has 1 aromatic carbocycles. The van der Waals surface area contributed by atoms with Crippen LogP contribution in [0.1, 0.15) is 40.2 Å². The summed E-state index contributed by atoms with van der Waals surface area (Å²) in [5, 5.41) is 2.88. The number of carbonyl (C=O) groups is 1.